The van der Waals surface area contributed by atoms with Crippen molar-refractivity contribution in [2.45, 2.75) is 44.5 Å². The van der Waals surface area contributed by atoms with E-state index >= 15 is 0 Å². The van der Waals surface area contributed by atoms with Gasteiger partial charge in [0.1, 0.15) is 0 Å². The van der Waals surface area contributed by atoms with Crippen molar-refractivity contribution in [2.24, 2.45) is 0 Å². The van der Waals surface area contributed by atoms with Crippen molar-refractivity contribution >= 4 is 15.5 Å². The van der Waals surface area contributed by atoms with Gasteiger partial charge in [0.25, 0.3) is 0 Å². The van der Waals surface area contributed by atoms with Crippen molar-refractivity contribution in [3.8, 4) is 0 Å². The van der Waals surface area contributed by atoms with Crippen LogP contribution in [0.5, 0.6) is 0 Å². The summed E-state index contributed by atoms with van der Waals surface area (Å²) in [7, 11) is -2.96. The molecule has 1 saturated carbocycles. The quantitative estimate of drug-likeness (QED) is 0.782. The molecule has 0 bridgehead atoms. The molecule has 1 aliphatic carbocycles. The average Bonchev–Trinajstić information content (AvgIpc) is 3.21. The van der Waals surface area contributed by atoms with Crippen LogP contribution in [0.3, 0.4) is 0 Å². The summed E-state index contributed by atoms with van der Waals surface area (Å²) in [6.07, 6.45) is 2.35. The van der Waals surface area contributed by atoms with Crippen LogP contribution in [0.1, 0.15) is 32.3 Å². The topological polar surface area (TPSA) is 63.4 Å². The number of rotatable bonds is 7. The SMILES string of the molecule is CC(C)S(=O)(=O)CCN(Cc1ccc(N)cc1)C1CC1. The second-order valence-corrected chi connectivity index (χ2v) is 8.54. The van der Waals surface area contributed by atoms with Gasteiger partial charge in [-0.15, -0.1) is 0 Å². The van der Waals surface area contributed by atoms with Crippen LogP contribution in [0, 0.1) is 0 Å². The highest BCUT2D eigenvalue weighted by Gasteiger charge is 2.30. The molecule has 1 aliphatic rings. The van der Waals surface area contributed by atoms with Crippen LogP contribution >= 0.6 is 0 Å². The molecule has 0 heterocycles. The summed E-state index contributed by atoms with van der Waals surface area (Å²) < 4.78 is 23.9. The third kappa shape index (κ3) is 4.21. The van der Waals surface area contributed by atoms with Gasteiger partial charge in [0.05, 0.1) is 11.0 Å². The lowest BCUT2D eigenvalue weighted by atomic mass is 10.2. The second kappa shape index (κ2) is 6.14. The Morgan fingerprint density at radius 3 is 2.35 bits per heavy atom. The highest BCUT2D eigenvalue weighted by molar-refractivity contribution is 7.92. The number of hydrogen-bond donors (Lipinski definition) is 1. The molecule has 112 valence electrons. The van der Waals surface area contributed by atoms with Gasteiger partial charge >= 0.3 is 0 Å². The third-order valence-corrected chi connectivity index (χ3v) is 6.00. The largest absolute Gasteiger partial charge is 0.399 e. The maximum atomic E-state index is 11.9. The average molecular weight is 296 g/mol. The Kier molecular flexibility index (Phi) is 4.70. The van der Waals surface area contributed by atoms with E-state index in [1.165, 1.54) is 18.4 Å². The molecule has 0 atom stereocenters. The van der Waals surface area contributed by atoms with E-state index in [0.717, 1.165) is 12.2 Å². The molecule has 5 heteroatoms. The fraction of sp³-hybridized carbons (Fsp3) is 0.600. The first kappa shape index (κ1) is 15.3. The summed E-state index contributed by atoms with van der Waals surface area (Å²) in [5.41, 5.74) is 7.63. The Morgan fingerprint density at radius 2 is 1.85 bits per heavy atom. The van der Waals surface area contributed by atoms with Gasteiger partial charge in [-0.25, -0.2) is 8.42 Å². The normalized spacial score (nSPS) is 16.0. The molecular formula is C15H24N2O2S. The molecule has 0 saturated heterocycles. The Morgan fingerprint density at radius 1 is 1.25 bits per heavy atom. The minimum Gasteiger partial charge on any atom is -0.399 e. The summed E-state index contributed by atoms with van der Waals surface area (Å²) in [5.74, 6) is 0.246. The first-order valence-electron chi connectivity index (χ1n) is 7.18. The van der Waals surface area contributed by atoms with E-state index in [1.54, 1.807) is 13.8 Å². The first-order valence-corrected chi connectivity index (χ1v) is 8.90. The molecule has 2 rings (SSSR count). The Hall–Kier alpha value is -1.07. The summed E-state index contributed by atoms with van der Waals surface area (Å²) >= 11 is 0. The molecule has 0 radical (unpaired) electrons. The number of benzene rings is 1. The zero-order valence-electron chi connectivity index (χ0n) is 12.2. The van der Waals surface area contributed by atoms with Crippen molar-refractivity contribution in [3.63, 3.8) is 0 Å². The summed E-state index contributed by atoms with van der Waals surface area (Å²) in [4.78, 5) is 2.28. The number of nitrogen functional groups attached to an aromatic ring is 1. The predicted molar refractivity (Wildman–Crippen MR) is 83.2 cm³/mol. The lowest BCUT2D eigenvalue weighted by Gasteiger charge is -2.22. The van der Waals surface area contributed by atoms with E-state index < -0.39 is 9.84 Å². The van der Waals surface area contributed by atoms with Crippen LogP contribution in [0.15, 0.2) is 24.3 Å². The van der Waals surface area contributed by atoms with Crippen molar-refractivity contribution in [1.82, 2.24) is 4.90 Å². The lowest BCUT2D eigenvalue weighted by molar-refractivity contribution is 0.270. The van der Waals surface area contributed by atoms with Gasteiger partial charge in [-0.05, 0) is 44.4 Å². The highest BCUT2D eigenvalue weighted by Crippen LogP contribution is 2.28. The smallest absolute Gasteiger partial charge is 0.153 e. The molecule has 1 aromatic carbocycles. The molecule has 1 fully saturated rings. The van der Waals surface area contributed by atoms with Crippen molar-refractivity contribution in [1.29, 1.82) is 0 Å². The number of nitrogens with zero attached hydrogens (tertiary/aromatic N) is 1. The minimum atomic E-state index is -2.96. The maximum Gasteiger partial charge on any atom is 0.153 e. The van der Waals surface area contributed by atoms with Crippen LogP contribution in [-0.2, 0) is 16.4 Å². The van der Waals surface area contributed by atoms with E-state index in [2.05, 4.69) is 4.90 Å². The zero-order chi connectivity index (χ0) is 14.8. The molecule has 2 N–H and O–H groups in total. The molecule has 0 spiro atoms. The van der Waals surface area contributed by atoms with E-state index in [0.29, 0.717) is 12.6 Å². The van der Waals surface area contributed by atoms with Crippen LogP contribution in [-0.4, -0.2) is 36.9 Å². The zero-order valence-corrected chi connectivity index (χ0v) is 13.1. The van der Waals surface area contributed by atoms with Crippen molar-refractivity contribution in [3.05, 3.63) is 29.8 Å². The molecule has 4 nitrogen and oxygen atoms in total. The summed E-state index contributed by atoms with van der Waals surface area (Å²) in [5, 5.41) is -0.292. The highest BCUT2D eigenvalue weighted by atomic mass is 32.2. The van der Waals surface area contributed by atoms with Crippen LogP contribution in [0.2, 0.25) is 0 Å². The fourth-order valence-corrected chi connectivity index (χ4v) is 3.13. The van der Waals surface area contributed by atoms with Gasteiger partial charge in [-0.1, -0.05) is 12.1 Å². The van der Waals surface area contributed by atoms with Crippen molar-refractivity contribution in [2.75, 3.05) is 18.0 Å². The molecular weight excluding hydrogens is 272 g/mol. The van der Waals surface area contributed by atoms with E-state index in [1.807, 2.05) is 24.3 Å². The Balaban J connectivity index is 1.96. The molecule has 0 amide bonds. The standard InChI is InChI=1S/C15H24N2O2S/c1-12(2)20(18,19)10-9-17(15-7-8-15)11-13-3-5-14(16)6-4-13/h3-6,12,15H,7-11,16H2,1-2H3. The van der Waals surface area contributed by atoms with Gasteiger partial charge in [0.2, 0.25) is 0 Å². The van der Waals surface area contributed by atoms with Gasteiger partial charge in [0.15, 0.2) is 9.84 Å². The van der Waals surface area contributed by atoms with E-state index in [-0.39, 0.29) is 11.0 Å². The van der Waals surface area contributed by atoms with Gasteiger partial charge in [0, 0.05) is 24.8 Å². The van der Waals surface area contributed by atoms with Crippen LogP contribution < -0.4 is 5.73 Å². The van der Waals surface area contributed by atoms with Gasteiger partial charge in [-0.3, -0.25) is 4.90 Å². The number of sulfone groups is 1. The molecule has 0 unspecified atom stereocenters. The second-order valence-electron chi connectivity index (χ2n) is 5.86. The molecule has 1 aromatic rings. The number of anilines is 1. The first-order chi connectivity index (χ1) is 9.38. The van der Waals surface area contributed by atoms with Gasteiger partial charge < -0.3 is 5.73 Å². The third-order valence-electron chi connectivity index (χ3n) is 3.81. The van der Waals surface area contributed by atoms with Crippen LogP contribution in [0.25, 0.3) is 0 Å². The van der Waals surface area contributed by atoms with Crippen LogP contribution in [0.4, 0.5) is 5.69 Å². The fourth-order valence-electron chi connectivity index (χ4n) is 2.17. The lowest BCUT2D eigenvalue weighted by Crippen LogP contribution is -2.33. The summed E-state index contributed by atoms with van der Waals surface area (Å²) in [6.45, 7) is 4.92. The van der Waals surface area contributed by atoms with Gasteiger partial charge in [-0.2, -0.15) is 0 Å². The predicted octanol–water partition coefficient (Wildman–Crippen LogP) is 2.06. The summed E-state index contributed by atoms with van der Waals surface area (Å²) in [6, 6.07) is 8.37. The molecule has 20 heavy (non-hydrogen) atoms. The monoisotopic (exact) mass is 296 g/mol. The molecule has 0 aliphatic heterocycles. The Labute approximate surface area is 121 Å². The molecule has 0 aromatic heterocycles. The maximum absolute atomic E-state index is 11.9. The number of nitrogens with two attached hydrogens (primary N) is 1. The van der Waals surface area contributed by atoms with E-state index in [9.17, 15) is 8.42 Å². The van der Waals surface area contributed by atoms with E-state index in [4.69, 9.17) is 5.73 Å². The number of hydrogen-bond acceptors (Lipinski definition) is 4. The Bertz CT molecular complexity index is 533. The van der Waals surface area contributed by atoms with Crippen molar-refractivity contribution < 1.29 is 8.42 Å². The minimum absolute atomic E-state index is 0.246.